The maximum Gasteiger partial charge on any atom is 0.257 e. The number of aromatic nitrogens is 2. The molecule has 0 saturated carbocycles. The predicted molar refractivity (Wildman–Crippen MR) is 77.5 cm³/mol. The summed E-state index contributed by atoms with van der Waals surface area (Å²) in [5.41, 5.74) is 7.54. The number of rotatable bonds is 2. The lowest BCUT2D eigenvalue weighted by Crippen LogP contribution is -2.44. The van der Waals surface area contributed by atoms with E-state index in [2.05, 4.69) is 12.0 Å². The van der Waals surface area contributed by atoms with Crippen LogP contribution in [-0.2, 0) is 0 Å². The molecule has 2 aromatic rings. The van der Waals surface area contributed by atoms with E-state index in [4.69, 9.17) is 5.73 Å². The van der Waals surface area contributed by atoms with E-state index in [-0.39, 0.29) is 11.3 Å². The lowest BCUT2D eigenvalue weighted by atomic mass is 9.80. The lowest BCUT2D eigenvalue weighted by molar-refractivity contribution is 0.0619. The number of carbonyl (C=O) groups excluding carboxylic acids is 1. The van der Waals surface area contributed by atoms with Gasteiger partial charge in [0.05, 0.1) is 17.3 Å². The van der Waals surface area contributed by atoms with Crippen molar-refractivity contribution in [1.82, 2.24) is 14.5 Å². The SMILES string of the molecule is CC1(CN)CCN(C(=O)c2cnn3ccccc23)CC1. The summed E-state index contributed by atoms with van der Waals surface area (Å²) in [6.07, 6.45) is 5.45. The maximum atomic E-state index is 12.6. The highest BCUT2D eigenvalue weighted by atomic mass is 16.2. The first-order valence-electron chi connectivity index (χ1n) is 7.05. The minimum Gasteiger partial charge on any atom is -0.338 e. The molecule has 0 aliphatic carbocycles. The maximum absolute atomic E-state index is 12.6. The first-order chi connectivity index (χ1) is 9.63. The number of hydrogen-bond donors (Lipinski definition) is 1. The molecule has 1 saturated heterocycles. The summed E-state index contributed by atoms with van der Waals surface area (Å²) in [5.74, 6) is 0.0743. The molecule has 0 bridgehead atoms. The number of likely N-dealkylation sites (tertiary alicyclic amines) is 1. The second-order valence-corrected chi connectivity index (χ2v) is 5.90. The van der Waals surface area contributed by atoms with Gasteiger partial charge in [-0.1, -0.05) is 13.0 Å². The Morgan fingerprint density at radius 1 is 1.40 bits per heavy atom. The zero-order valence-electron chi connectivity index (χ0n) is 11.7. The number of hydrogen-bond acceptors (Lipinski definition) is 3. The second-order valence-electron chi connectivity index (χ2n) is 5.90. The van der Waals surface area contributed by atoms with Gasteiger partial charge in [0, 0.05) is 19.3 Å². The molecule has 5 heteroatoms. The van der Waals surface area contributed by atoms with Crippen LogP contribution in [0, 0.1) is 5.41 Å². The highest BCUT2D eigenvalue weighted by Crippen LogP contribution is 2.30. The van der Waals surface area contributed by atoms with E-state index in [1.54, 1.807) is 10.7 Å². The van der Waals surface area contributed by atoms with Crippen LogP contribution in [0.2, 0.25) is 0 Å². The Hall–Kier alpha value is -1.88. The Morgan fingerprint density at radius 2 is 2.15 bits per heavy atom. The van der Waals surface area contributed by atoms with E-state index in [1.165, 1.54) is 0 Å². The third-order valence-corrected chi connectivity index (χ3v) is 4.41. The molecule has 106 valence electrons. The van der Waals surface area contributed by atoms with Gasteiger partial charge in [0.25, 0.3) is 5.91 Å². The minimum atomic E-state index is 0.0743. The molecule has 1 aliphatic rings. The standard InChI is InChI=1S/C15H20N4O/c1-15(11-16)5-8-18(9-6-15)14(20)12-10-17-19-7-3-2-4-13(12)19/h2-4,7,10H,5-6,8-9,11,16H2,1H3. The van der Waals surface area contributed by atoms with Gasteiger partial charge >= 0.3 is 0 Å². The average Bonchev–Trinajstić information content (AvgIpc) is 2.91. The van der Waals surface area contributed by atoms with E-state index >= 15 is 0 Å². The van der Waals surface area contributed by atoms with Crippen molar-refractivity contribution in [2.24, 2.45) is 11.1 Å². The van der Waals surface area contributed by atoms with E-state index in [0.29, 0.717) is 12.1 Å². The van der Waals surface area contributed by atoms with Gasteiger partial charge in [0.15, 0.2) is 0 Å². The molecule has 0 aromatic carbocycles. The van der Waals surface area contributed by atoms with Crippen molar-refractivity contribution in [2.45, 2.75) is 19.8 Å². The molecule has 0 spiro atoms. The second kappa shape index (κ2) is 4.90. The molecule has 3 rings (SSSR count). The summed E-state index contributed by atoms with van der Waals surface area (Å²) in [5, 5.41) is 4.23. The topological polar surface area (TPSA) is 63.6 Å². The molecule has 20 heavy (non-hydrogen) atoms. The quantitative estimate of drug-likeness (QED) is 0.902. The molecule has 2 aromatic heterocycles. The molecule has 1 aliphatic heterocycles. The molecule has 0 atom stereocenters. The number of piperidine rings is 1. The lowest BCUT2D eigenvalue weighted by Gasteiger charge is -2.38. The number of nitrogens with two attached hydrogens (primary N) is 1. The molecule has 0 radical (unpaired) electrons. The van der Waals surface area contributed by atoms with Crippen molar-refractivity contribution < 1.29 is 4.79 Å². The summed E-state index contributed by atoms with van der Waals surface area (Å²) in [4.78, 5) is 14.5. The van der Waals surface area contributed by atoms with Gasteiger partial charge in [0.2, 0.25) is 0 Å². The number of amides is 1. The van der Waals surface area contributed by atoms with Crippen LogP contribution in [0.1, 0.15) is 30.1 Å². The molecular weight excluding hydrogens is 252 g/mol. The Bertz CT molecular complexity index is 626. The van der Waals surface area contributed by atoms with Gasteiger partial charge in [-0.25, -0.2) is 4.52 Å². The number of carbonyl (C=O) groups is 1. The monoisotopic (exact) mass is 272 g/mol. The van der Waals surface area contributed by atoms with Crippen molar-refractivity contribution in [2.75, 3.05) is 19.6 Å². The van der Waals surface area contributed by atoms with E-state index in [0.717, 1.165) is 31.4 Å². The summed E-state index contributed by atoms with van der Waals surface area (Å²) in [7, 11) is 0. The summed E-state index contributed by atoms with van der Waals surface area (Å²) < 4.78 is 1.74. The summed E-state index contributed by atoms with van der Waals surface area (Å²) in [6.45, 7) is 4.43. The van der Waals surface area contributed by atoms with Crippen LogP contribution >= 0.6 is 0 Å². The smallest absolute Gasteiger partial charge is 0.257 e. The van der Waals surface area contributed by atoms with Crippen LogP contribution in [0.15, 0.2) is 30.6 Å². The Balaban J connectivity index is 1.80. The fourth-order valence-electron chi connectivity index (χ4n) is 2.72. The Labute approximate surface area is 118 Å². The minimum absolute atomic E-state index is 0.0743. The van der Waals surface area contributed by atoms with E-state index in [1.807, 2.05) is 29.3 Å². The van der Waals surface area contributed by atoms with Crippen LogP contribution in [-0.4, -0.2) is 40.1 Å². The van der Waals surface area contributed by atoms with Crippen LogP contribution in [0.4, 0.5) is 0 Å². The number of nitrogens with zero attached hydrogens (tertiary/aromatic N) is 3. The molecule has 1 fully saturated rings. The largest absolute Gasteiger partial charge is 0.338 e. The zero-order chi connectivity index (χ0) is 14.2. The number of pyridine rings is 1. The highest BCUT2D eigenvalue weighted by Gasteiger charge is 2.31. The number of fused-ring (bicyclic) bond motifs is 1. The van der Waals surface area contributed by atoms with Gasteiger partial charge < -0.3 is 10.6 Å². The van der Waals surface area contributed by atoms with Crippen LogP contribution in [0.5, 0.6) is 0 Å². The van der Waals surface area contributed by atoms with Crippen molar-refractivity contribution >= 4 is 11.4 Å². The summed E-state index contributed by atoms with van der Waals surface area (Å²) in [6, 6.07) is 5.76. The third-order valence-electron chi connectivity index (χ3n) is 4.41. The molecule has 3 heterocycles. The fourth-order valence-corrected chi connectivity index (χ4v) is 2.72. The average molecular weight is 272 g/mol. The van der Waals surface area contributed by atoms with Gasteiger partial charge in [-0.15, -0.1) is 0 Å². The fraction of sp³-hybridized carbons (Fsp3) is 0.467. The van der Waals surface area contributed by atoms with Crippen LogP contribution < -0.4 is 5.73 Å². The predicted octanol–water partition coefficient (Wildman–Crippen LogP) is 1.54. The molecular formula is C15H20N4O. The Morgan fingerprint density at radius 3 is 2.85 bits per heavy atom. The molecule has 2 N–H and O–H groups in total. The van der Waals surface area contributed by atoms with Gasteiger partial charge in [-0.2, -0.15) is 5.10 Å². The first kappa shape index (κ1) is 13.1. The Kier molecular flexibility index (Phi) is 3.22. The third kappa shape index (κ3) is 2.18. The van der Waals surface area contributed by atoms with Crippen molar-refractivity contribution in [3.05, 3.63) is 36.2 Å². The normalized spacial score (nSPS) is 18.4. The van der Waals surface area contributed by atoms with Gasteiger partial charge in [-0.3, -0.25) is 4.79 Å². The highest BCUT2D eigenvalue weighted by molar-refractivity contribution is 6.00. The zero-order valence-corrected chi connectivity index (χ0v) is 11.7. The van der Waals surface area contributed by atoms with Crippen LogP contribution in [0.3, 0.4) is 0 Å². The van der Waals surface area contributed by atoms with Gasteiger partial charge in [0.1, 0.15) is 0 Å². The summed E-state index contributed by atoms with van der Waals surface area (Å²) >= 11 is 0. The van der Waals surface area contributed by atoms with Crippen molar-refractivity contribution in [1.29, 1.82) is 0 Å². The molecule has 1 amide bonds. The molecule has 5 nitrogen and oxygen atoms in total. The molecule has 0 unspecified atom stereocenters. The first-order valence-corrected chi connectivity index (χ1v) is 7.05. The van der Waals surface area contributed by atoms with Crippen LogP contribution in [0.25, 0.3) is 5.52 Å². The van der Waals surface area contributed by atoms with E-state index < -0.39 is 0 Å². The van der Waals surface area contributed by atoms with E-state index in [9.17, 15) is 4.79 Å². The van der Waals surface area contributed by atoms with Crippen molar-refractivity contribution in [3.63, 3.8) is 0 Å². The van der Waals surface area contributed by atoms with Crippen molar-refractivity contribution in [3.8, 4) is 0 Å². The van der Waals surface area contributed by atoms with Gasteiger partial charge in [-0.05, 0) is 36.9 Å².